The van der Waals surface area contributed by atoms with Crippen molar-refractivity contribution in [2.24, 2.45) is 0 Å². The molecule has 108 valence electrons. The largest absolute Gasteiger partial charge is 0.385 e. The van der Waals surface area contributed by atoms with Gasteiger partial charge in [0.1, 0.15) is 5.82 Å². The smallest absolute Gasteiger partial charge is 0.203 e. The van der Waals surface area contributed by atoms with Crippen LogP contribution in [0, 0.1) is 12.7 Å². The highest BCUT2D eigenvalue weighted by atomic mass is 19.1. The first-order valence-electron chi connectivity index (χ1n) is 6.70. The lowest BCUT2D eigenvalue weighted by Crippen LogP contribution is -2.08. The average molecular weight is 277 g/mol. The number of rotatable bonds is 7. The maximum absolute atomic E-state index is 13.1. The van der Waals surface area contributed by atoms with Crippen LogP contribution in [0.3, 0.4) is 0 Å². The van der Waals surface area contributed by atoms with E-state index in [4.69, 9.17) is 4.74 Å². The van der Waals surface area contributed by atoms with E-state index < -0.39 is 0 Å². The third kappa shape index (κ3) is 4.06. The lowest BCUT2D eigenvalue weighted by molar-refractivity contribution is 0.190. The second-order valence-corrected chi connectivity index (χ2v) is 4.73. The standard InChI is InChI=1S/C15H20FN3O/c1-12-11-19(7-4-8-20-2)15(18-12)17-10-13-5-3-6-14(16)9-13/h3,5-6,9,11H,4,7-8,10H2,1-2H3,(H,17,18). The summed E-state index contributed by atoms with van der Waals surface area (Å²) in [6.45, 7) is 4.08. The Balaban J connectivity index is 1.98. The van der Waals surface area contributed by atoms with Crippen molar-refractivity contribution in [3.63, 3.8) is 0 Å². The molecule has 0 aliphatic rings. The summed E-state index contributed by atoms with van der Waals surface area (Å²) in [6.07, 6.45) is 2.94. The quantitative estimate of drug-likeness (QED) is 0.791. The molecule has 0 unspecified atom stereocenters. The van der Waals surface area contributed by atoms with Crippen LogP contribution in [-0.2, 0) is 17.8 Å². The lowest BCUT2D eigenvalue weighted by atomic mass is 10.2. The van der Waals surface area contributed by atoms with Gasteiger partial charge in [-0.25, -0.2) is 9.37 Å². The lowest BCUT2D eigenvalue weighted by Gasteiger charge is -2.09. The highest BCUT2D eigenvalue weighted by Crippen LogP contribution is 2.12. The molecule has 0 amide bonds. The van der Waals surface area contributed by atoms with Gasteiger partial charge in [0.15, 0.2) is 0 Å². The Hall–Kier alpha value is -1.88. The van der Waals surface area contributed by atoms with Crippen molar-refractivity contribution in [1.29, 1.82) is 0 Å². The molecule has 0 radical (unpaired) electrons. The van der Waals surface area contributed by atoms with Crippen molar-refractivity contribution in [2.45, 2.75) is 26.4 Å². The Labute approximate surface area is 118 Å². The zero-order valence-electron chi connectivity index (χ0n) is 11.9. The van der Waals surface area contributed by atoms with E-state index in [1.165, 1.54) is 12.1 Å². The maximum atomic E-state index is 13.1. The van der Waals surface area contributed by atoms with Gasteiger partial charge in [-0.2, -0.15) is 0 Å². The molecular formula is C15H20FN3O. The molecule has 1 N–H and O–H groups in total. The van der Waals surface area contributed by atoms with Crippen LogP contribution < -0.4 is 5.32 Å². The molecule has 20 heavy (non-hydrogen) atoms. The van der Waals surface area contributed by atoms with E-state index in [2.05, 4.69) is 14.9 Å². The minimum absolute atomic E-state index is 0.219. The Morgan fingerprint density at radius 1 is 1.40 bits per heavy atom. The monoisotopic (exact) mass is 277 g/mol. The van der Waals surface area contributed by atoms with Crippen molar-refractivity contribution < 1.29 is 9.13 Å². The number of imidazole rings is 1. The molecule has 1 aromatic heterocycles. The summed E-state index contributed by atoms with van der Waals surface area (Å²) in [7, 11) is 1.70. The second kappa shape index (κ2) is 7.05. The zero-order chi connectivity index (χ0) is 14.4. The van der Waals surface area contributed by atoms with Crippen LogP contribution >= 0.6 is 0 Å². The number of hydrogen-bond acceptors (Lipinski definition) is 3. The van der Waals surface area contributed by atoms with Gasteiger partial charge in [0, 0.05) is 33.0 Å². The van der Waals surface area contributed by atoms with Gasteiger partial charge in [0.25, 0.3) is 0 Å². The van der Waals surface area contributed by atoms with E-state index >= 15 is 0 Å². The van der Waals surface area contributed by atoms with Gasteiger partial charge in [-0.3, -0.25) is 0 Å². The second-order valence-electron chi connectivity index (χ2n) is 4.73. The normalized spacial score (nSPS) is 10.8. The molecule has 0 spiro atoms. The molecule has 0 aliphatic carbocycles. The Kier molecular flexibility index (Phi) is 5.12. The van der Waals surface area contributed by atoms with Crippen LogP contribution in [0.25, 0.3) is 0 Å². The van der Waals surface area contributed by atoms with E-state index in [-0.39, 0.29) is 5.82 Å². The SMILES string of the molecule is COCCCn1cc(C)nc1NCc1cccc(F)c1. The molecule has 1 aromatic carbocycles. The first-order chi connectivity index (χ1) is 9.69. The van der Waals surface area contributed by atoms with Gasteiger partial charge in [-0.05, 0) is 31.0 Å². The van der Waals surface area contributed by atoms with Gasteiger partial charge in [0.05, 0.1) is 5.69 Å². The van der Waals surface area contributed by atoms with E-state index in [1.54, 1.807) is 13.2 Å². The number of aromatic nitrogens is 2. The van der Waals surface area contributed by atoms with Crippen molar-refractivity contribution in [3.8, 4) is 0 Å². The first kappa shape index (κ1) is 14.5. The van der Waals surface area contributed by atoms with E-state index in [9.17, 15) is 4.39 Å². The number of hydrogen-bond donors (Lipinski definition) is 1. The topological polar surface area (TPSA) is 39.1 Å². The first-order valence-corrected chi connectivity index (χ1v) is 6.70. The molecule has 0 aliphatic heterocycles. The number of anilines is 1. The third-order valence-electron chi connectivity index (χ3n) is 2.98. The van der Waals surface area contributed by atoms with Crippen LogP contribution in [0.2, 0.25) is 0 Å². The number of benzene rings is 1. The predicted octanol–water partition coefficient (Wildman–Crippen LogP) is 2.98. The van der Waals surface area contributed by atoms with Crippen molar-refractivity contribution in [1.82, 2.24) is 9.55 Å². The van der Waals surface area contributed by atoms with Crippen LogP contribution in [-0.4, -0.2) is 23.3 Å². The minimum atomic E-state index is -0.219. The molecule has 0 saturated carbocycles. The van der Waals surface area contributed by atoms with Gasteiger partial charge < -0.3 is 14.6 Å². The molecule has 4 nitrogen and oxygen atoms in total. The summed E-state index contributed by atoms with van der Waals surface area (Å²) in [5.41, 5.74) is 1.86. The van der Waals surface area contributed by atoms with Crippen LogP contribution in [0.4, 0.5) is 10.3 Å². The molecule has 0 bridgehead atoms. The highest BCUT2D eigenvalue weighted by molar-refractivity contribution is 5.31. The molecule has 2 aromatic rings. The van der Waals surface area contributed by atoms with E-state index in [0.717, 1.165) is 36.8 Å². The molecule has 5 heteroatoms. The fraction of sp³-hybridized carbons (Fsp3) is 0.400. The average Bonchev–Trinajstić information content (AvgIpc) is 2.77. The molecule has 0 fully saturated rings. The van der Waals surface area contributed by atoms with E-state index in [1.807, 2.05) is 19.2 Å². The number of halogens is 1. The number of methoxy groups -OCH3 is 1. The fourth-order valence-corrected chi connectivity index (χ4v) is 2.07. The van der Waals surface area contributed by atoms with Gasteiger partial charge in [-0.1, -0.05) is 12.1 Å². The van der Waals surface area contributed by atoms with Crippen molar-refractivity contribution in [3.05, 3.63) is 47.5 Å². The summed E-state index contributed by atoms with van der Waals surface area (Å²) in [5, 5.41) is 3.25. The Morgan fingerprint density at radius 3 is 3.00 bits per heavy atom. The predicted molar refractivity (Wildman–Crippen MR) is 77.2 cm³/mol. The van der Waals surface area contributed by atoms with Crippen LogP contribution in [0.1, 0.15) is 17.7 Å². The van der Waals surface area contributed by atoms with Gasteiger partial charge in [0.2, 0.25) is 5.95 Å². The van der Waals surface area contributed by atoms with Gasteiger partial charge >= 0.3 is 0 Å². The van der Waals surface area contributed by atoms with Crippen molar-refractivity contribution >= 4 is 5.95 Å². The Bertz CT molecular complexity index is 554. The molecule has 2 rings (SSSR count). The van der Waals surface area contributed by atoms with Gasteiger partial charge in [-0.15, -0.1) is 0 Å². The highest BCUT2D eigenvalue weighted by Gasteiger charge is 2.05. The summed E-state index contributed by atoms with van der Waals surface area (Å²) < 4.78 is 20.2. The fourth-order valence-electron chi connectivity index (χ4n) is 2.07. The summed E-state index contributed by atoms with van der Waals surface area (Å²) >= 11 is 0. The maximum Gasteiger partial charge on any atom is 0.203 e. The van der Waals surface area contributed by atoms with Crippen LogP contribution in [0.5, 0.6) is 0 Å². The third-order valence-corrected chi connectivity index (χ3v) is 2.98. The minimum Gasteiger partial charge on any atom is -0.385 e. The molecular weight excluding hydrogens is 257 g/mol. The Morgan fingerprint density at radius 2 is 2.25 bits per heavy atom. The molecule has 0 atom stereocenters. The summed E-state index contributed by atoms with van der Waals surface area (Å²) in [5.74, 6) is 0.590. The summed E-state index contributed by atoms with van der Waals surface area (Å²) in [4.78, 5) is 4.44. The number of ether oxygens (including phenoxy) is 1. The zero-order valence-corrected chi connectivity index (χ0v) is 11.9. The number of aryl methyl sites for hydroxylation is 2. The van der Waals surface area contributed by atoms with Crippen molar-refractivity contribution in [2.75, 3.05) is 19.0 Å². The number of nitrogens with one attached hydrogen (secondary N) is 1. The summed E-state index contributed by atoms with van der Waals surface area (Å²) in [6, 6.07) is 6.57. The number of nitrogens with zero attached hydrogens (tertiary/aromatic N) is 2. The van der Waals surface area contributed by atoms with E-state index in [0.29, 0.717) is 6.54 Å². The van der Waals surface area contributed by atoms with Crippen LogP contribution in [0.15, 0.2) is 30.5 Å². The molecule has 0 saturated heterocycles. The molecule has 1 heterocycles.